The highest BCUT2D eigenvalue weighted by Crippen LogP contribution is 2.19. The maximum Gasteiger partial charge on any atom is 0.244 e. The van der Waals surface area contributed by atoms with E-state index in [4.69, 9.17) is 0 Å². The third-order valence-corrected chi connectivity index (χ3v) is 5.01. The molecule has 0 aliphatic heterocycles. The van der Waals surface area contributed by atoms with Crippen LogP contribution >= 0.6 is 0 Å². The molecule has 0 unspecified atom stereocenters. The van der Waals surface area contributed by atoms with Crippen molar-refractivity contribution in [2.45, 2.75) is 38.3 Å². The molecule has 1 aromatic heterocycles. The van der Waals surface area contributed by atoms with E-state index in [9.17, 15) is 8.42 Å². The van der Waals surface area contributed by atoms with Crippen LogP contribution in [0.15, 0.2) is 29.8 Å². The number of likely N-dealkylation sites (N-methyl/N-ethyl adjacent to an activating group) is 1. The second kappa shape index (κ2) is 7.61. The van der Waals surface area contributed by atoms with Gasteiger partial charge in [0.25, 0.3) is 0 Å². The lowest BCUT2D eigenvalue weighted by atomic mass is 10.4. The molecule has 1 N–H and O–H groups in total. The summed E-state index contributed by atoms with van der Waals surface area (Å²) in [6.07, 6.45) is 4.31. The molecule has 1 heterocycles. The zero-order chi connectivity index (χ0) is 15.2. The van der Waals surface area contributed by atoms with Crippen LogP contribution in [0.2, 0.25) is 0 Å². The van der Waals surface area contributed by atoms with Gasteiger partial charge in [-0.2, -0.15) is 4.31 Å². The number of nitrogens with zero attached hydrogens (tertiary/aromatic N) is 2. The minimum Gasteiger partial charge on any atom is -0.349 e. The van der Waals surface area contributed by atoms with Gasteiger partial charge in [0.1, 0.15) is 4.90 Å². The zero-order valence-electron chi connectivity index (χ0n) is 12.6. The maximum absolute atomic E-state index is 12.6. The number of aryl methyl sites for hydroxylation is 1. The van der Waals surface area contributed by atoms with Crippen LogP contribution in [0.4, 0.5) is 0 Å². The van der Waals surface area contributed by atoms with Crippen molar-refractivity contribution in [2.75, 3.05) is 20.1 Å². The fraction of sp³-hybridized carbons (Fsp3) is 0.571. The molecule has 0 saturated heterocycles. The molecular formula is C14H25N3O2S. The Morgan fingerprint density at radius 2 is 2.15 bits per heavy atom. The molecule has 0 spiro atoms. The van der Waals surface area contributed by atoms with Gasteiger partial charge in [0, 0.05) is 38.1 Å². The van der Waals surface area contributed by atoms with Crippen molar-refractivity contribution >= 4 is 10.0 Å². The van der Waals surface area contributed by atoms with Gasteiger partial charge in [-0.3, -0.25) is 0 Å². The molecule has 1 rings (SSSR count). The summed E-state index contributed by atoms with van der Waals surface area (Å²) >= 11 is 0. The predicted molar refractivity (Wildman–Crippen MR) is 82.1 cm³/mol. The normalized spacial score (nSPS) is 12.0. The quantitative estimate of drug-likeness (QED) is 0.708. The van der Waals surface area contributed by atoms with E-state index in [1.807, 2.05) is 18.5 Å². The summed E-state index contributed by atoms with van der Waals surface area (Å²) in [5.74, 6) is 0. The van der Waals surface area contributed by atoms with Gasteiger partial charge in [-0.1, -0.05) is 19.9 Å². The molecular weight excluding hydrogens is 274 g/mol. The van der Waals surface area contributed by atoms with E-state index in [-0.39, 0.29) is 0 Å². The lowest BCUT2D eigenvalue weighted by Gasteiger charge is -2.17. The van der Waals surface area contributed by atoms with Gasteiger partial charge < -0.3 is 9.88 Å². The third kappa shape index (κ3) is 3.71. The molecule has 0 atom stereocenters. The van der Waals surface area contributed by atoms with Crippen LogP contribution in [0.25, 0.3) is 0 Å². The fourth-order valence-electron chi connectivity index (χ4n) is 2.13. The first kappa shape index (κ1) is 16.9. The molecule has 0 radical (unpaired) electrons. The molecule has 114 valence electrons. The average Bonchev–Trinajstić information content (AvgIpc) is 2.81. The van der Waals surface area contributed by atoms with Crippen LogP contribution < -0.4 is 5.32 Å². The van der Waals surface area contributed by atoms with Crippen molar-refractivity contribution in [1.29, 1.82) is 0 Å². The molecule has 0 aliphatic rings. The Kier molecular flexibility index (Phi) is 6.45. The molecule has 0 aliphatic carbocycles. The standard InChI is InChI=1S/C14H25N3O2S/c1-5-8-16-12-14(10-13(16)11-15-4)20(18,19)17(7-3)9-6-2/h6,10,12,15H,2,5,7-9,11H2,1,3-4H3. The minimum absolute atomic E-state index is 0.332. The van der Waals surface area contributed by atoms with Crippen LogP contribution in [0.5, 0.6) is 0 Å². The summed E-state index contributed by atoms with van der Waals surface area (Å²) in [7, 11) is -1.58. The molecule has 1 aromatic rings. The Morgan fingerprint density at radius 1 is 1.45 bits per heavy atom. The van der Waals surface area contributed by atoms with Crippen molar-refractivity contribution in [1.82, 2.24) is 14.2 Å². The van der Waals surface area contributed by atoms with Crippen LogP contribution in [0, 0.1) is 0 Å². The highest BCUT2D eigenvalue weighted by Gasteiger charge is 2.24. The number of hydrogen-bond donors (Lipinski definition) is 1. The lowest BCUT2D eigenvalue weighted by molar-refractivity contribution is 0.459. The van der Waals surface area contributed by atoms with Crippen LogP contribution in [0.1, 0.15) is 26.0 Å². The van der Waals surface area contributed by atoms with Crippen molar-refractivity contribution in [2.24, 2.45) is 0 Å². The number of aromatic nitrogens is 1. The number of rotatable bonds is 9. The van der Waals surface area contributed by atoms with E-state index in [1.165, 1.54) is 4.31 Å². The molecule has 0 fully saturated rings. The van der Waals surface area contributed by atoms with E-state index >= 15 is 0 Å². The summed E-state index contributed by atoms with van der Waals surface area (Å²) in [5.41, 5.74) is 0.989. The summed E-state index contributed by atoms with van der Waals surface area (Å²) in [6.45, 7) is 9.77. The van der Waals surface area contributed by atoms with Gasteiger partial charge in [-0.05, 0) is 19.5 Å². The fourth-order valence-corrected chi connectivity index (χ4v) is 3.62. The maximum atomic E-state index is 12.6. The monoisotopic (exact) mass is 299 g/mol. The second-order valence-electron chi connectivity index (χ2n) is 4.64. The van der Waals surface area contributed by atoms with Crippen LogP contribution in [0.3, 0.4) is 0 Å². The zero-order valence-corrected chi connectivity index (χ0v) is 13.4. The molecule has 5 nitrogen and oxygen atoms in total. The van der Waals surface area contributed by atoms with Crippen molar-refractivity contribution in [3.63, 3.8) is 0 Å². The molecule has 0 saturated carbocycles. The first-order chi connectivity index (χ1) is 9.51. The summed E-state index contributed by atoms with van der Waals surface area (Å²) in [6, 6.07) is 1.76. The van der Waals surface area contributed by atoms with Crippen LogP contribution in [-0.2, 0) is 23.1 Å². The van der Waals surface area contributed by atoms with Crippen molar-refractivity contribution in [3.05, 3.63) is 30.6 Å². The van der Waals surface area contributed by atoms with E-state index in [0.717, 1.165) is 18.7 Å². The lowest BCUT2D eigenvalue weighted by Crippen LogP contribution is -2.30. The van der Waals surface area contributed by atoms with Gasteiger partial charge in [0.15, 0.2) is 0 Å². The van der Waals surface area contributed by atoms with Gasteiger partial charge in [-0.15, -0.1) is 6.58 Å². The Morgan fingerprint density at radius 3 is 2.65 bits per heavy atom. The van der Waals surface area contributed by atoms with E-state index in [0.29, 0.717) is 24.5 Å². The Bertz CT molecular complexity index is 511. The largest absolute Gasteiger partial charge is 0.349 e. The van der Waals surface area contributed by atoms with Crippen LogP contribution in [-0.4, -0.2) is 37.4 Å². The van der Waals surface area contributed by atoms with Gasteiger partial charge in [0.2, 0.25) is 10.0 Å². The topological polar surface area (TPSA) is 54.3 Å². The summed E-state index contributed by atoms with van der Waals surface area (Å²) in [4.78, 5) is 0.361. The van der Waals surface area contributed by atoms with Crippen molar-refractivity contribution in [3.8, 4) is 0 Å². The Hall–Kier alpha value is -1.11. The highest BCUT2D eigenvalue weighted by molar-refractivity contribution is 7.89. The van der Waals surface area contributed by atoms with E-state index in [1.54, 1.807) is 18.3 Å². The molecule has 6 heteroatoms. The van der Waals surface area contributed by atoms with Gasteiger partial charge in [-0.25, -0.2) is 8.42 Å². The van der Waals surface area contributed by atoms with E-state index < -0.39 is 10.0 Å². The third-order valence-electron chi connectivity index (χ3n) is 3.11. The SMILES string of the molecule is C=CCN(CC)S(=O)(=O)c1cc(CNC)n(CCC)c1. The average molecular weight is 299 g/mol. The first-order valence-corrected chi connectivity index (χ1v) is 8.39. The number of nitrogens with one attached hydrogen (secondary N) is 1. The Labute approximate surface area is 122 Å². The first-order valence-electron chi connectivity index (χ1n) is 6.95. The molecule has 0 bridgehead atoms. The van der Waals surface area contributed by atoms with Crippen molar-refractivity contribution < 1.29 is 8.42 Å². The smallest absolute Gasteiger partial charge is 0.244 e. The van der Waals surface area contributed by atoms with Gasteiger partial charge in [0.05, 0.1) is 0 Å². The second-order valence-corrected chi connectivity index (χ2v) is 6.57. The van der Waals surface area contributed by atoms with Gasteiger partial charge >= 0.3 is 0 Å². The molecule has 0 aromatic carbocycles. The van der Waals surface area contributed by atoms with E-state index in [2.05, 4.69) is 18.8 Å². The highest BCUT2D eigenvalue weighted by atomic mass is 32.2. The number of sulfonamides is 1. The minimum atomic E-state index is -3.44. The number of hydrogen-bond acceptors (Lipinski definition) is 3. The summed E-state index contributed by atoms with van der Waals surface area (Å²) < 4.78 is 28.6. The molecule has 20 heavy (non-hydrogen) atoms. The Balaban J connectivity index is 3.17. The predicted octanol–water partition coefficient (Wildman–Crippen LogP) is 1.81. The summed E-state index contributed by atoms with van der Waals surface area (Å²) in [5, 5.41) is 3.07. The molecule has 0 amide bonds.